The molecule has 24 heavy (non-hydrogen) atoms. The van der Waals surface area contributed by atoms with Crippen LogP contribution in [0.1, 0.15) is 5.56 Å². The van der Waals surface area contributed by atoms with Crippen molar-refractivity contribution in [2.45, 2.75) is 6.92 Å². The summed E-state index contributed by atoms with van der Waals surface area (Å²) in [6.07, 6.45) is 0. The Bertz CT molecular complexity index is 1020. The molecule has 0 fully saturated rings. The molecule has 1 heteroatoms. The zero-order valence-electron chi connectivity index (χ0n) is 13.5. The van der Waals surface area contributed by atoms with Gasteiger partial charge in [-0.1, -0.05) is 94.8 Å². The molecule has 0 spiro atoms. The van der Waals surface area contributed by atoms with Gasteiger partial charge in [0.25, 0.3) is 0 Å². The van der Waals surface area contributed by atoms with E-state index < -0.39 is 0 Å². The highest BCUT2D eigenvalue weighted by Crippen LogP contribution is 2.40. The molecular formula is C23H17Br. The Labute approximate surface area is 150 Å². The predicted molar refractivity (Wildman–Crippen MR) is 107 cm³/mol. The summed E-state index contributed by atoms with van der Waals surface area (Å²) in [7, 11) is 0. The summed E-state index contributed by atoms with van der Waals surface area (Å²) in [4.78, 5) is 0. The number of rotatable bonds is 2. The van der Waals surface area contributed by atoms with Crippen LogP contribution in [0.5, 0.6) is 0 Å². The van der Waals surface area contributed by atoms with Gasteiger partial charge >= 0.3 is 0 Å². The second-order valence-electron chi connectivity index (χ2n) is 5.99. The van der Waals surface area contributed by atoms with Crippen LogP contribution in [-0.2, 0) is 0 Å². The first-order chi connectivity index (χ1) is 11.8. The van der Waals surface area contributed by atoms with Crippen molar-refractivity contribution in [3.05, 3.63) is 95.0 Å². The van der Waals surface area contributed by atoms with E-state index in [4.69, 9.17) is 0 Å². The molecule has 0 atom stereocenters. The molecule has 0 saturated carbocycles. The SMILES string of the molecule is Cc1c(Br)cc2ccccc2c1-c1ccccc1-c1ccccc1. The minimum absolute atomic E-state index is 1.15. The Morgan fingerprint density at radius 2 is 1.29 bits per heavy atom. The van der Waals surface area contributed by atoms with Gasteiger partial charge in [0.15, 0.2) is 0 Å². The largest absolute Gasteiger partial charge is 0.0622 e. The first-order valence-electron chi connectivity index (χ1n) is 8.08. The van der Waals surface area contributed by atoms with E-state index in [-0.39, 0.29) is 0 Å². The average Bonchev–Trinajstić information content (AvgIpc) is 2.64. The lowest BCUT2D eigenvalue weighted by molar-refractivity contribution is 1.45. The third kappa shape index (κ3) is 2.55. The lowest BCUT2D eigenvalue weighted by atomic mass is 9.89. The Hall–Kier alpha value is -2.38. The van der Waals surface area contributed by atoms with E-state index in [1.807, 2.05) is 0 Å². The summed E-state index contributed by atoms with van der Waals surface area (Å²) in [5.74, 6) is 0. The topological polar surface area (TPSA) is 0 Å². The molecule has 0 unspecified atom stereocenters. The van der Waals surface area contributed by atoms with Crippen LogP contribution in [0.15, 0.2) is 89.4 Å². The van der Waals surface area contributed by atoms with Crippen molar-refractivity contribution in [1.29, 1.82) is 0 Å². The Balaban J connectivity index is 2.09. The van der Waals surface area contributed by atoms with Crippen LogP contribution in [0.4, 0.5) is 0 Å². The molecule has 0 N–H and O–H groups in total. The van der Waals surface area contributed by atoms with Crippen molar-refractivity contribution in [3.63, 3.8) is 0 Å². The van der Waals surface area contributed by atoms with Crippen molar-refractivity contribution in [2.75, 3.05) is 0 Å². The Morgan fingerprint density at radius 1 is 0.667 bits per heavy atom. The maximum atomic E-state index is 3.75. The summed E-state index contributed by atoms with van der Waals surface area (Å²) < 4.78 is 1.15. The summed E-state index contributed by atoms with van der Waals surface area (Å²) >= 11 is 3.75. The van der Waals surface area contributed by atoms with Gasteiger partial charge in [0.1, 0.15) is 0 Å². The molecule has 0 aliphatic carbocycles. The van der Waals surface area contributed by atoms with Crippen LogP contribution in [0, 0.1) is 6.92 Å². The van der Waals surface area contributed by atoms with Crippen molar-refractivity contribution >= 4 is 26.7 Å². The number of fused-ring (bicyclic) bond motifs is 1. The monoisotopic (exact) mass is 372 g/mol. The molecule has 0 saturated heterocycles. The van der Waals surface area contributed by atoms with E-state index in [0.717, 1.165) is 4.47 Å². The Kier molecular flexibility index (Phi) is 3.95. The van der Waals surface area contributed by atoms with Crippen LogP contribution in [0.2, 0.25) is 0 Å². The summed E-state index contributed by atoms with van der Waals surface area (Å²) in [5.41, 5.74) is 6.37. The molecule has 116 valence electrons. The molecular weight excluding hydrogens is 356 g/mol. The lowest BCUT2D eigenvalue weighted by Gasteiger charge is -2.16. The number of halogens is 1. The fourth-order valence-electron chi connectivity index (χ4n) is 3.33. The van der Waals surface area contributed by atoms with Gasteiger partial charge in [0.2, 0.25) is 0 Å². The normalized spacial score (nSPS) is 10.9. The van der Waals surface area contributed by atoms with Gasteiger partial charge in [-0.2, -0.15) is 0 Å². The maximum Gasteiger partial charge on any atom is 0.0217 e. The predicted octanol–water partition coefficient (Wildman–Crippen LogP) is 7.24. The standard InChI is InChI=1S/C23H17Br/c1-16-22(24)15-18-11-5-6-13-20(18)23(16)21-14-8-7-12-19(21)17-9-3-2-4-10-17/h2-15H,1H3. The highest BCUT2D eigenvalue weighted by atomic mass is 79.9. The van der Waals surface area contributed by atoms with Crippen molar-refractivity contribution in [3.8, 4) is 22.3 Å². The first-order valence-corrected chi connectivity index (χ1v) is 8.87. The van der Waals surface area contributed by atoms with Crippen molar-refractivity contribution < 1.29 is 0 Å². The zero-order valence-corrected chi connectivity index (χ0v) is 15.0. The molecule has 4 rings (SSSR count). The highest BCUT2D eigenvalue weighted by molar-refractivity contribution is 9.10. The van der Waals surface area contributed by atoms with E-state index in [0.29, 0.717) is 0 Å². The lowest BCUT2D eigenvalue weighted by Crippen LogP contribution is -1.91. The molecule has 0 bridgehead atoms. The van der Waals surface area contributed by atoms with E-state index in [1.54, 1.807) is 0 Å². The van der Waals surface area contributed by atoms with Gasteiger partial charge in [-0.05, 0) is 51.6 Å². The van der Waals surface area contributed by atoms with Crippen LogP contribution < -0.4 is 0 Å². The number of benzene rings is 4. The van der Waals surface area contributed by atoms with Crippen molar-refractivity contribution in [1.82, 2.24) is 0 Å². The van der Waals surface area contributed by atoms with Gasteiger partial charge in [0, 0.05) is 4.47 Å². The maximum absolute atomic E-state index is 3.75. The van der Waals surface area contributed by atoms with Gasteiger partial charge in [-0.15, -0.1) is 0 Å². The molecule has 0 amide bonds. The van der Waals surface area contributed by atoms with E-state index in [2.05, 4.69) is 108 Å². The number of hydrogen-bond acceptors (Lipinski definition) is 0. The van der Waals surface area contributed by atoms with Gasteiger partial charge in [-0.25, -0.2) is 0 Å². The van der Waals surface area contributed by atoms with Crippen LogP contribution in [0.3, 0.4) is 0 Å². The molecule has 4 aromatic carbocycles. The van der Waals surface area contributed by atoms with Gasteiger partial charge in [-0.3, -0.25) is 0 Å². The second-order valence-corrected chi connectivity index (χ2v) is 6.85. The molecule has 0 aliphatic heterocycles. The van der Waals surface area contributed by atoms with Crippen LogP contribution in [0.25, 0.3) is 33.0 Å². The molecule has 4 aromatic rings. The second kappa shape index (κ2) is 6.26. The first kappa shape index (κ1) is 15.2. The quantitative estimate of drug-likeness (QED) is 0.347. The summed E-state index contributed by atoms with van der Waals surface area (Å²) in [6, 6.07) is 30.1. The summed E-state index contributed by atoms with van der Waals surface area (Å²) in [5, 5.41) is 2.55. The van der Waals surface area contributed by atoms with Crippen molar-refractivity contribution in [2.24, 2.45) is 0 Å². The fourth-order valence-corrected chi connectivity index (χ4v) is 3.78. The zero-order chi connectivity index (χ0) is 16.5. The molecule has 0 aromatic heterocycles. The molecule has 0 radical (unpaired) electrons. The molecule has 0 heterocycles. The molecule has 0 nitrogen and oxygen atoms in total. The third-order valence-corrected chi connectivity index (χ3v) is 5.35. The third-order valence-electron chi connectivity index (χ3n) is 4.53. The molecule has 0 aliphatic rings. The van der Waals surface area contributed by atoms with Gasteiger partial charge in [0.05, 0.1) is 0 Å². The van der Waals surface area contributed by atoms with E-state index in [1.165, 1.54) is 38.6 Å². The fraction of sp³-hybridized carbons (Fsp3) is 0.0435. The van der Waals surface area contributed by atoms with E-state index in [9.17, 15) is 0 Å². The van der Waals surface area contributed by atoms with Gasteiger partial charge < -0.3 is 0 Å². The van der Waals surface area contributed by atoms with E-state index >= 15 is 0 Å². The Morgan fingerprint density at radius 3 is 2.08 bits per heavy atom. The average molecular weight is 373 g/mol. The smallest absolute Gasteiger partial charge is 0.0217 e. The van der Waals surface area contributed by atoms with Crippen LogP contribution >= 0.6 is 15.9 Å². The summed E-state index contributed by atoms with van der Waals surface area (Å²) in [6.45, 7) is 2.19. The minimum atomic E-state index is 1.15. The highest BCUT2D eigenvalue weighted by Gasteiger charge is 2.14. The van der Waals surface area contributed by atoms with Crippen LogP contribution in [-0.4, -0.2) is 0 Å². The minimum Gasteiger partial charge on any atom is -0.0622 e. The number of hydrogen-bond donors (Lipinski definition) is 0.